The monoisotopic (exact) mass is 390 g/mol. The third-order valence-corrected chi connectivity index (χ3v) is 5.25. The van der Waals surface area contributed by atoms with E-state index in [0.29, 0.717) is 17.3 Å². The highest BCUT2D eigenvalue weighted by molar-refractivity contribution is 6.04. The Balaban J connectivity index is 1.37. The van der Waals surface area contributed by atoms with Gasteiger partial charge in [-0.25, -0.2) is 4.98 Å². The Hall–Kier alpha value is -3.22. The second kappa shape index (κ2) is 8.86. The van der Waals surface area contributed by atoms with Gasteiger partial charge in [0, 0.05) is 56.1 Å². The molecular weight excluding hydrogens is 364 g/mol. The maximum atomic E-state index is 12.7. The first-order chi connectivity index (χ1) is 14.2. The molecule has 1 N–H and O–H groups in total. The first-order valence-electron chi connectivity index (χ1n) is 10.1. The van der Waals surface area contributed by atoms with Crippen LogP contribution >= 0.6 is 0 Å². The van der Waals surface area contributed by atoms with E-state index >= 15 is 0 Å². The third-order valence-electron chi connectivity index (χ3n) is 5.25. The smallest absolute Gasteiger partial charge is 0.257 e. The number of anilines is 2. The molecule has 1 amide bonds. The van der Waals surface area contributed by atoms with Crippen LogP contribution in [-0.2, 0) is 13.0 Å². The highest BCUT2D eigenvalue weighted by Gasteiger charge is 2.18. The number of aryl methyl sites for hydroxylation is 2. The van der Waals surface area contributed by atoms with Gasteiger partial charge in [0.15, 0.2) is 5.82 Å². The SMILES string of the molecule is CC1CCCN(c2cc(C(=O)Nc3ccn(CCc4ccncc4)n3)ccn2)C1. The molecule has 0 aromatic carbocycles. The normalized spacial score (nSPS) is 16.6. The lowest BCUT2D eigenvalue weighted by molar-refractivity contribution is 0.102. The molecule has 0 radical (unpaired) electrons. The van der Waals surface area contributed by atoms with Crippen LogP contribution < -0.4 is 10.2 Å². The van der Waals surface area contributed by atoms with Crippen LogP contribution in [0.1, 0.15) is 35.7 Å². The molecule has 0 bridgehead atoms. The molecule has 3 aromatic heterocycles. The highest BCUT2D eigenvalue weighted by atomic mass is 16.1. The molecule has 1 unspecified atom stereocenters. The zero-order chi connectivity index (χ0) is 20.1. The summed E-state index contributed by atoms with van der Waals surface area (Å²) in [6, 6.07) is 9.42. The fourth-order valence-corrected chi connectivity index (χ4v) is 3.66. The maximum Gasteiger partial charge on any atom is 0.257 e. The van der Waals surface area contributed by atoms with Gasteiger partial charge < -0.3 is 10.2 Å². The topological polar surface area (TPSA) is 75.9 Å². The lowest BCUT2D eigenvalue weighted by Crippen LogP contribution is -2.34. The molecule has 7 nitrogen and oxygen atoms in total. The fraction of sp³-hybridized carbons (Fsp3) is 0.364. The Labute approximate surface area is 170 Å². The van der Waals surface area contributed by atoms with Crippen molar-refractivity contribution in [2.45, 2.75) is 32.7 Å². The van der Waals surface area contributed by atoms with Crippen molar-refractivity contribution in [1.29, 1.82) is 0 Å². The number of carbonyl (C=O) groups is 1. The minimum atomic E-state index is -0.168. The molecule has 1 fully saturated rings. The van der Waals surface area contributed by atoms with E-state index in [4.69, 9.17) is 0 Å². The number of hydrogen-bond acceptors (Lipinski definition) is 5. The average Bonchev–Trinajstić information content (AvgIpc) is 3.20. The summed E-state index contributed by atoms with van der Waals surface area (Å²) in [7, 11) is 0. The fourth-order valence-electron chi connectivity index (χ4n) is 3.66. The molecule has 1 saturated heterocycles. The Kier molecular flexibility index (Phi) is 5.84. The van der Waals surface area contributed by atoms with Gasteiger partial charge in [-0.2, -0.15) is 5.10 Å². The van der Waals surface area contributed by atoms with Crippen LogP contribution in [0.3, 0.4) is 0 Å². The van der Waals surface area contributed by atoms with E-state index in [1.54, 1.807) is 24.7 Å². The molecular formula is C22H26N6O. The molecule has 0 spiro atoms. The van der Waals surface area contributed by atoms with Gasteiger partial charge in [-0.1, -0.05) is 6.92 Å². The van der Waals surface area contributed by atoms with Crippen molar-refractivity contribution in [2.24, 2.45) is 5.92 Å². The standard InChI is InChI=1S/C22H26N6O/c1-17-3-2-12-27(16-17)21-15-19(6-11-24-21)22(29)25-20-8-14-28(26-20)13-7-18-4-9-23-10-5-18/h4-6,8-11,14-15,17H,2-3,7,12-13,16H2,1H3,(H,25,26,29). The van der Waals surface area contributed by atoms with Gasteiger partial charge in [-0.3, -0.25) is 14.5 Å². The van der Waals surface area contributed by atoms with Crippen LogP contribution in [0.4, 0.5) is 11.6 Å². The van der Waals surface area contributed by atoms with Crippen molar-refractivity contribution in [1.82, 2.24) is 19.7 Å². The number of piperidine rings is 1. The molecule has 0 aliphatic carbocycles. The summed E-state index contributed by atoms with van der Waals surface area (Å²) >= 11 is 0. The van der Waals surface area contributed by atoms with Gasteiger partial charge in [0.05, 0.1) is 0 Å². The number of nitrogens with one attached hydrogen (secondary N) is 1. The predicted molar refractivity (Wildman–Crippen MR) is 113 cm³/mol. The van der Waals surface area contributed by atoms with Crippen LogP contribution in [0, 0.1) is 5.92 Å². The highest BCUT2D eigenvalue weighted by Crippen LogP contribution is 2.22. The summed E-state index contributed by atoms with van der Waals surface area (Å²) in [6.45, 7) is 4.98. The van der Waals surface area contributed by atoms with E-state index in [1.165, 1.54) is 12.0 Å². The quantitative estimate of drug-likeness (QED) is 0.698. The van der Waals surface area contributed by atoms with Crippen molar-refractivity contribution >= 4 is 17.5 Å². The minimum absolute atomic E-state index is 0.168. The lowest BCUT2D eigenvalue weighted by Gasteiger charge is -2.31. The predicted octanol–water partition coefficient (Wildman–Crippen LogP) is 3.40. The van der Waals surface area contributed by atoms with Gasteiger partial charge in [-0.05, 0) is 55.0 Å². The number of hydrogen-bond donors (Lipinski definition) is 1. The molecule has 150 valence electrons. The summed E-state index contributed by atoms with van der Waals surface area (Å²) in [5, 5.41) is 7.34. The van der Waals surface area contributed by atoms with Crippen molar-refractivity contribution in [3.05, 3.63) is 66.2 Å². The van der Waals surface area contributed by atoms with Gasteiger partial charge in [-0.15, -0.1) is 0 Å². The number of nitrogens with zero attached hydrogens (tertiary/aromatic N) is 5. The number of amides is 1. The maximum absolute atomic E-state index is 12.7. The number of carbonyl (C=O) groups excluding carboxylic acids is 1. The van der Waals surface area contributed by atoms with Crippen LogP contribution in [0.5, 0.6) is 0 Å². The lowest BCUT2D eigenvalue weighted by atomic mass is 10.0. The first-order valence-corrected chi connectivity index (χ1v) is 10.1. The minimum Gasteiger partial charge on any atom is -0.356 e. The van der Waals surface area contributed by atoms with E-state index in [2.05, 4.69) is 32.2 Å². The van der Waals surface area contributed by atoms with Gasteiger partial charge in [0.2, 0.25) is 0 Å². The molecule has 4 rings (SSSR count). The van der Waals surface area contributed by atoms with Crippen LogP contribution in [0.25, 0.3) is 0 Å². The van der Waals surface area contributed by atoms with Gasteiger partial charge >= 0.3 is 0 Å². The van der Waals surface area contributed by atoms with E-state index < -0.39 is 0 Å². The zero-order valence-corrected chi connectivity index (χ0v) is 16.7. The van der Waals surface area contributed by atoms with Crippen LogP contribution in [0.2, 0.25) is 0 Å². The van der Waals surface area contributed by atoms with Crippen molar-refractivity contribution in [3.63, 3.8) is 0 Å². The summed E-state index contributed by atoms with van der Waals surface area (Å²) in [4.78, 5) is 23.4. The summed E-state index contributed by atoms with van der Waals surface area (Å²) in [5.74, 6) is 1.90. The molecule has 0 saturated carbocycles. The van der Waals surface area contributed by atoms with Crippen molar-refractivity contribution in [2.75, 3.05) is 23.3 Å². The molecule has 3 aromatic rings. The Morgan fingerprint density at radius 3 is 2.90 bits per heavy atom. The first kappa shape index (κ1) is 19.1. The molecule has 29 heavy (non-hydrogen) atoms. The molecule has 1 aliphatic rings. The van der Waals surface area contributed by atoms with Crippen molar-refractivity contribution < 1.29 is 4.79 Å². The molecule has 1 atom stereocenters. The third kappa shape index (κ3) is 4.99. The average molecular weight is 390 g/mol. The Morgan fingerprint density at radius 2 is 2.07 bits per heavy atom. The largest absolute Gasteiger partial charge is 0.356 e. The second-order valence-electron chi connectivity index (χ2n) is 7.62. The Morgan fingerprint density at radius 1 is 1.21 bits per heavy atom. The second-order valence-corrected chi connectivity index (χ2v) is 7.62. The van der Waals surface area contributed by atoms with E-state index in [-0.39, 0.29) is 5.91 Å². The van der Waals surface area contributed by atoms with Crippen LogP contribution in [0.15, 0.2) is 55.1 Å². The van der Waals surface area contributed by atoms with Crippen molar-refractivity contribution in [3.8, 4) is 0 Å². The van der Waals surface area contributed by atoms with Crippen LogP contribution in [-0.4, -0.2) is 38.7 Å². The number of pyridine rings is 2. The molecule has 1 aliphatic heterocycles. The van der Waals surface area contributed by atoms with E-state index in [1.807, 2.05) is 35.1 Å². The van der Waals surface area contributed by atoms with Gasteiger partial charge in [0.25, 0.3) is 5.91 Å². The van der Waals surface area contributed by atoms with E-state index in [0.717, 1.165) is 38.3 Å². The summed E-state index contributed by atoms with van der Waals surface area (Å²) in [6.07, 6.45) is 10.4. The zero-order valence-electron chi connectivity index (χ0n) is 16.7. The molecule has 4 heterocycles. The Bertz CT molecular complexity index is 955. The summed E-state index contributed by atoms with van der Waals surface area (Å²) in [5.41, 5.74) is 1.80. The van der Waals surface area contributed by atoms with E-state index in [9.17, 15) is 4.79 Å². The number of rotatable bonds is 6. The molecule has 7 heteroatoms. The van der Waals surface area contributed by atoms with Gasteiger partial charge in [0.1, 0.15) is 5.82 Å². The summed E-state index contributed by atoms with van der Waals surface area (Å²) < 4.78 is 1.84. The number of aromatic nitrogens is 4.